The number of unbranched alkanes of at least 4 members (excludes halogenated alkanes) is 1. The number of hydrogen-bond donors (Lipinski definition) is 2. The van der Waals surface area contributed by atoms with Crippen LogP contribution in [0, 0.1) is 0 Å². The maximum atomic E-state index is 11.7. The fraction of sp³-hybridized carbons (Fsp3) is 0.263. The van der Waals surface area contributed by atoms with Crippen molar-refractivity contribution in [3.05, 3.63) is 54.1 Å². The smallest absolute Gasteiger partial charge is 0.224 e. The van der Waals surface area contributed by atoms with Gasteiger partial charge in [0.05, 0.1) is 0 Å². The van der Waals surface area contributed by atoms with Crippen molar-refractivity contribution in [2.75, 3.05) is 10.6 Å². The average molecular weight is 310 g/mol. The number of nitrogens with one attached hydrogen (secondary N) is 2. The third-order valence-electron chi connectivity index (χ3n) is 3.48. The highest BCUT2D eigenvalue weighted by Gasteiger charge is 2.03. The fourth-order valence-electron chi connectivity index (χ4n) is 2.18. The van der Waals surface area contributed by atoms with Crippen LogP contribution in [0.3, 0.4) is 0 Å². The summed E-state index contributed by atoms with van der Waals surface area (Å²) in [6, 6.07) is 14.9. The van der Waals surface area contributed by atoms with Crippen molar-refractivity contribution in [1.82, 2.24) is 0 Å². The Morgan fingerprint density at radius 1 is 0.957 bits per heavy atom. The monoisotopic (exact) mass is 310 g/mol. The number of benzene rings is 2. The first-order valence-corrected chi connectivity index (χ1v) is 7.86. The molecule has 2 aromatic rings. The predicted molar refractivity (Wildman–Crippen MR) is 94.3 cm³/mol. The molecule has 0 atom stereocenters. The summed E-state index contributed by atoms with van der Waals surface area (Å²) < 4.78 is 0. The van der Waals surface area contributed by atoms with Crippen LogP contribution < -0.4 is 10.6 Å². The largest absolute Gasteiger partial charge is 0.356 e. The minimum atomic E-state index is 0.0405. The predicted octanol–water partition coefficient (Wildman–Crippen LogP) is 4.76. The van der Waals surface area contributed by atoms with Crippen molar-refractivity contribution in [3.8, 4) is 0 Å². The lowest BCUT2D eigenvalue weighted by atomic mass is 10.1. The van der Waals surface area contributed by atoms with E-state index >= 15 is 0 Å². The number of carbonyl (C=O) groups is 2. The number of ketones is 1. The number of hydrogen-bond acceptors (Lipinski definition) is 3. The van der Waals surface area contributed by atoms with Crippen molar-refractivity contribution in [1.29, 1.82) is 0 Å². The zero-order valence-corrected chi connectivity index (χ0v) is 13.6. The second-order valence-corrected chi connectivity index (χ2v) is 5.49. The van der Waals surface area contributed by atoms with Crippen molar-refractivity contribution in [2.24, 2.45) is 0 Å². The second kappa shape index (κ2) is 8.13. The molecule has 0 saturated carbocycles. The van der Waals surface area contributed by atoms with Crippen molar-refractivity contribution >= 4 is 28.8 Å². The van der Waals surface area contributed by atoms with Gasteiger partial charge in [-0.25, -0.2) is 0 Å². The molecule has 0 bridgehead atoms. The van der Waals surface area contributed by atoms with Gasteiger partial charge in [-0.05, 0) is 49.7 Å². The molecule has 0 unspecified atom stereocenters. The summed E-state index contributed by atoms with van der Waals surface area (Å²) in [5.41, 5.74) is 3.22. The zero-order chi connectivity index (χ0) is 16.7. The first-order chi connectivity index (χ1) is 11.1. The number of Topliss-reactive ketones (excluding diaryl/α,β-unsaturated/α-hetero) is 1. The standard InChI is InChI=1S/C19H22N2O2/c1-3-4-8-19(23)21-17-11-9-16(10-12-17)20-18-7-5-6-15(13-18)14(2)22/h5-7,9-13,20H,3-4,8H2,1-2H3,(H,21,23). The molecule has 0 saturated heterocycles. The highest BCUT2D eigenvalue weighted by Crippen LogP contribution is 2.20. The Balaban J connectivity index is 1.98. The molecular weight excluding hydrogens is 288 g/mol. The Hall–Kier alpha value is -2.62. The minimum absolute atomic E-state index is 0.0405. The summed E-state index contributed by atoms with van der Waals surface area (Å²) in [7, 11) is 0. The van der Waals surface area contributed by atoms with Gasteiger partial charge in [0.1, 0.15) is 0 Å². The van der Waals surface area contributed by atoms with Crippen LogP contribution in [0.25, 0.3) is 0 Å². The number of carbonyl (C=O) groups excluding carboxylic acids is 2. The Morgan fingerprint density at radius 2 is 1.65 bits per heavy atom. The third-order valence-corrected chi connectivity index (χ3v) is 3.48. The van der Waals surface area contributed by atoms with Gasteiger partial charge in [0.2, 0.25) is 5.91 Å². The van der Waals surface area contributed by atoms with Crippen LogP contribution in [0.2, 0.25) is 0 Å². The fourth-order valence-corrected chi connectivity index (χ4v) is 2.18. The second-order valence-electron chi connectivity index (χ2n) is 5.49. The Kier molecular flexibility index (Phi) is 5.92. The van der Waals surface area contributed by atoms with E-state index < -0.39 is 0 Å². The zero-order valence-electron chi connectivity index (χ0n) is 13.6. The maximum absolute atomic E-state index is 11.7. The molecule has 0 aliphatic heterocycles. The minimum Gasteiger partial charge on any atom is -0.356 e. The van der Waals surface area contributed by atoms with Gasteiger partial charge < -0.3 is 10.6 Å². The van der Waals surface area contributed by atoms with E-state index in [0.717, 1.165) is 29.9 Å². The molecule has 4 heteroatoms. The molecular formula is C19H22N2O2. The summed E-state index contributed by atoms with van der Waals surface area (Å²) >= 11 is 0. The summed E-state index contributed by atoms with van der Waals surface area (Å²) in [6.45, 7) is 3.62. The van der Waals surface area contributed by atoms with Crippen LogP contribution in [0.5, 0.6) is 0 Å². The molecule has 0 aliphatic carbocycles. The SMILES string of the molecule is CCCCC(=O)Nc1ccc(Nc2cccc(C(C)=O)c2)cc1. The molecule has 4 nitrogen and oxygen atoms in total. The summed E-state index contributed by atoms with van der Waals surface area (Å²) in [6.07, 6.45) is 2.46. The molecule has 0 aliphatic rings. The first kappa shape index (κ1) is 16.7. The van der Waals surface area contributed by atoms with E-state index in [4.69, 9.17) is 0 Å². The van der Waals surface area contributed by atoms with E-state index in [2.05, 4.69) is 17.6 Å². The molecule has 2 N–H and O–H groups in total. The summed E-state index contributed by atoms with van der Waals surface area (Å²) in [5.74, 6) is 0.0838. The number of rotatable bonds is 7. The van der Waals surface area contributed by atoms with Crippen LogP contribution in [0.1, 0.15) is 43.5 Å². The quantitative estimate of drug-likeness (QED) is 0.725. The van der Waals surface area contributed by atoms with Gasteiger partial charge in [0, 0.05) is 29.0 Å². The molecule has 0 spiro atoms. The van der Waals surface area contributed by atoms with Crippen LogP contribution in [0.15, 0.2) is 48.5 Å². The highest BCUT2D eigenvalue weighted by molar-refractivity contribution is 5.95. The number of amides is 1. The van der Waals surface area contributed by atoms with Gasteiger partial charge in [-0.15, -0.1) is 0 Å². The summed E-state index contributed by atoms with van der Waals surface area (Å²) in [5, 5.41) is 6.13. The molecule has 0 heterocycles. The van der Waals surface area contributed by atoms with Gasteiger partial charge in [-0.3, -0.25) is 9.59 Å². The van der Waals surface area contributed by atoms with Gasteiger partial charge in [-0.1, -0.05) is 25.5 Å². The van der Waals surface area contributed by atoms with Gasteiger partial charge in [0.25, 0.3) is 0 Å². The topological polar surface area (TPSA) is 58.2 Å². The van der Waals surface area contributed by atoms with Crippen LogP contribution in [0.4, 0.5) is 17.1 Å². The van der Waals surface area contributed by atoms with Gasteiger partial charge >= 0.3 is 0 Å². The molecule has 0 radical (unpaired) electrons. The molecule has 0 fully saturated rings. The van der Waals surface area contributed by atoms with E-state index in [1.54, 1.807) is 13.0 Å². The van der Waals surface area contributed by atoms with Gasteiger partial charge in [-0.2, -0.15) is 0 Å². The number of anilines is 3. The average Bonchev–Trinajstić information content (AvgIpc) is 2.55. The van der Waals surface area contributed by atoms with E-state index in [-0.39, 0.29) is 11.7 Å². The maximum Gasteiger partial charge on any atom is 0.224 e. The van der Waals surface area contributed by atoms with Crippen molar-refractivity contribution in [3.63, 3.8) is 0 Å². The normalized spacial score (nSPS) is 10.2. The first-order valence-electron chi connectivity index (χ1n) is 7.86. The lowest BCUT2D eigenvalue weighted by Crippen LogP contribution is -2.10. The molecule has 2 rings (SSSR count). The van der Waals surface area contributed by atoms with E-state index in [1.165, 1.54) is 0 Å². The van der Waals surface area contributed by atoms with Crippen LogP contribution >= 0.6 is 0 Å². The van der Waals surface area contributed by atoms with E-state index in [0.29, 0.717) is 12.0 Å². The molecule has 23 heavy (non-hydrogen) atoms. The lowest BCUT2D eigenvalue weighted by molar-refractivity contribution is -0.116. The van der Waals surface area contributed by atoms with Crippen molar-refractivity contribution in [2.45, 2.75) is 33.1 Å². The third kappa shape index (κ3) is 5.25. The van der Waals surface area contributed by atoms with Gasteiger partial charge in [0.15, 0.2) is 5.78 Å². The molecule has 2 aromatic carbocycles. The Morgan fingerprint density at radius 3 is 2.30 bits per heavy atom. The summed E-state index contributed by atoms with van der Waals surface area (Å²) in [4.78, 5) is 23.1. The lowest BCUT2D eigenvalue weighted by Gasteiger charge is -2.09. The van der Waals surface area contributed by atoms with Crippen LogP contribution in [-0.4, -0.2) is 11.7 Å². The molecule has 1 amide bonds. The Labute approximate surface area is 136 Å². The Bertz CT molecular complexity index is 678. The molecule has 0 aromatic heterocycles. The highest BCUT2D eigenvalue weighted by atomic mass is 16.1. The molecule has 120 valence electrons. The van der Waals surface area contributed by atoms with Crippen molar-refractivity contribution < 1.29 is 9.59 Å². The van der Waals surface area contributed by atoms with E-state index in [1.807, 2.05) is 42.5 Å². The van der Waals surface area contributed by atoms with Crippen LogP contribution in [-0.2, 0) is 4.79 Å². The van der Waals surface area contributed by atoms with E-state index in [9.17, 15) is 9.59 Å².